The first-order chi connectivity index (χ1) is 14.9. The summed E-state index contributed by atoms with van der Waals surface area (Å²) in [6, 6.07) is 9.76. The molecule has 0 bridgehead atoms. The molecule has 1 fully saturated rings. The number of hydrogen-bond donors (Lipinski definition) is 2. The fourth-order valence-electron chi connectivity index (χ4n) is 3.24. The van der Waals surface area contributed by atoms with Crippen LogP contribution in [0.25, 0.3) is 6.08 Å². The van der Waals surface area contributed by atoms with Crippen molar-refractivity contribution in [1.82, 2.24) is 19.8 Å². The molecule has 0 atom stereocenters. The van der Waals surface area contributed by atoms with Gasteiger partial charge in [0.2, 0.25) is 15.9 Å². The van der Waals surface area contributed by atoms with Crippen molar-refractivity contribution >= 4 is 22.0 Å². The van der Waals surface area contributed by atoms with Crippen molar-refractivity contribution in [2.75, 3.05) is 46.3 Å². The molecular weight excluding hydrogens is 416 g/mol. The van der Waals surface area contributed by atoms with Crippen LogP contribution in [-0.4, -0.2) is 70.4 Å². The second kappa shape index (κ2) is 11.2. The van der Waals surface area contributed by atoms with Crippen molar-refractivity contribution in [1.29, 1.82) is 0 Å². The maximum atomic E-state index is 12.3. The lowest BCUT2D eigenvalue weighted by atomic mass is 10.2. The number of amides is 1. The van der Waals surface area contributed by atoms with Crippen molar-refractivity contribution < 1.29 is 17.6 Å². The first kappa shape index (κ1) is 23.2. The highest BCUT2D eigenvalue weighted by Gasteiger charge is 2.14. The SMILES string of the molecule is CN1CCN(CCCNC(=O)/C=C/c2ccc(S(=O)(=O)NCc3ccco3)cc2)CC1. The Morgan fingerprint density at radius 2 is 1.87 bits per heavy atom. The van der Waals surface area contributed by atoms with Gasteiger partial charge < -0.3 is 19.5 Å². The lowest BCUT2D eigenvalue weighted by Crippen LogP contribution is -2.45. The Morgan fingerprint density at radius 1 is 1.13 bits per heavy atom. The molecular formula is C22H30N4O4S. The number of sulfonamides is 1. The molecule has 1 aromatic heterocycles. The van der Waals surface area contributed by atoms with Gasteiger partial charge in [-0.15, -0.1) is 0 Å². The van der Waals surface area contributed by atoms with Crippen molar-refractivity contribution in [2.45, 2.75) is 17.9 Å². The third kappa shape index (κ3) is 7.62. The lowest BCUT2D eigenvalue weighted by molar-refractivity contribution is -0.116. The molecule has 0 saturated carbocycles. The summed E-state index contributed by atoms with van der Waals surface area (Å²) in [5.74, 6) is 0.382. The second-order valence-electron chi connectivity index (χ2n) is 7.60. The van der Waals surface area contributed by atoms with E-state index in [2.05, 4.69) is 26.9 Å². The van der Waals surface area contributed by atoms with E-state index in [1.807, 2.05) is 0 Å². The molecule has 1 aromatic carbocycles. The average molecular weight is 447 g/mol. The minimum atomic E-state index is -3.63. The van der Waals surface area contributed by atoms with Crippen LogP contribution in [0.5, 0.6) is 0 Å². The van der Waals surface area contributed by atoms with E-state index in [1.165, 1.54) is 24.5 Å². The van der Waals surface area contributed by atoms with Gasteiger partial charge in [0.15, 0.2) is 0 Å². The molecule has 2 N–H and O–H groups in total. The number of likely N-dealkylation sites (N-methyl/N-ethyl adjacent to an activating group) is 1. The van der Waals surface area contributed by atoms with Crippen LogP contribution in [0, 0.1) is 0 Å². The number of hydrogen-bond acceptors (Lipinski definition) is 6. The van der Waals surface area contributed by atoms with E-state index < -0.39 is 10.0 Å². The normalized spacial score (nSPS) is 16.0. The minimum Gasteiger partial charge on any atom is -0.468 e. The van der Waals surface area contributed by atoms with Gasteiger partial charge in [-0.05, 0) is 55.9 Å². The van der Waals surface area contributed by atoms with Crippen molar-refractivity contribution in [3.63, 3.8) is 0 Å². The third-order valence-corrected chi connectivity index (χ3v) is 6.60. The van der Waals surface area contributed by atoms with Crippen LogP contribution in [0.15, 0.2) is 58.1 Å². The summed E-state index contributed by atoms with van der Waals surface area (Å²) >= 11 is 0. The monoisotopic (exact) mass is 446 g/mol. The van der Waals surface area contributed by atoms with Gasteiger partial charge in [-0.2, -0.15) is 0 Å². The van der Waals surface area contributed by atoms with Crippen molar-refractivity contribution in [2.24, 2.45) is 0 Å². The number of benzene rings is 1. The van der Waals surface area contributed by atoms with Crippen LogP contribution < -0.4 is 10.0 Å². The number of carbonyl (C=O) groups is 1. The molecule has 1 saturated heterocycles. The molecule has 168 valence electrons. The van der Waals surface area contributed by atoms with E-state index in [-0.39, 0.29) is 17.3 Å². The molecule has 1 amide bonds. The van der Waals surface area contributed by atoms with E-state index in [0.717, 1.165) is 44.7 Å². The molecule has 0 radical (unpaired) electrons. The number of piperazine rings is 1. The molecule has 0 aliphatic carbocycles. The molecule has 9 heteroatoms. The highest BCUT2D eigenvalue weighted by atomic mass is 32.2. The number of rotatable bonds is 10. The predicted octanol–water partition coefficient (Wildman–Crippen LogP) is 1.53. The highest BCUT2D eigenvalue weighted by Crippen LogP contribution is 2.12. The summed E-state index contributed by atoms with van der Waals surface area (Å²) in [7, 11) is -1.50. The number of nitrogens with one attached hydrogen (secondary N) is 2. The molecule has 0 spiro atoms. The van der Waals surface area contributed by atoms with Crippen LogP contribution >= 0.6 is 0 Å². The summed E-state index contributed by atoms with van der Waals surface area (Å²) in [5.41, 5.74) is 0.748. The summed E-state index contributed by atoms with van der Waals surface area (Å²) in [4.78, 5) is 16.9. The second-order valence-corrected chi connectivity index (χ2v) is 9.36. The molecule has 3 rings (SSSR count). The molecule has 0 unspecified atom stereocenters. The van der Waals surface area contributed by atoms with Crippen molar-refractivity contribution in [3.05, 3.63) is 60.1 Å². The van der Waals surface area contributed by atoms with E-state index in [0.29, 0.717) is 12.3 Å². The Labute approximate surface area is 184 Å². The Kier molecular flexibility index (Phi) is 8.42. The summed E-state index contributed by atoms with van der Waals surface area (Å²) in [6.45, 7) is 6.05. The standard InChI is InChI=1S/C22H30N4O4S/c1-25-13-15-26(16-14-25)12-3-11-23-22(27)10-7-19-5-8-21(9-6-19)31(28,29)24-18-20-4-2-17-30-20/h2,4-10,17,24H,3,11-16,18H2,1H3,(H,23,27)/b10-7+. The van der Waals surface area contributed by atoms with Crippen LogP contribution in [0.1, 0.15) is 17.7 Å². The zero-order chi connectivity index (χ0) is 22.1. The van der Waals surface area contributed by atoms with Crippen LogP contribution in [0.3, 0.4) is 0 Å². The Morgan fingerprint density at radius 3 is 2.55 bits per heavy atom. The number of furan rings is 1. The lowest BCUT2D eigenvalue weighted by Gasteiger charge is -2.32. The van der Waals surface area contributed by atoms with Gasteiger partial charge in [0, 0.05) is 38.8 Å². The minimum absolute atomic E-state index is 0.0893. The van der Waals surface area contributed by atoms with E-state index in [1.54, 1.807) is 30.3 Å². The Bertz CT molecular complexity index is 948. The van der Waals surface area contributed by atoms with Gasteiger partial charge in [0.1, 0.15) is 5.76 Å². The number of carbonyl (C=O) groups excluding carboxylic acids is 1. The maximum Gasteiger partial charge on any atom is 0.243 e. The van der Waals surface area contributed by atoms with E-state index >= 15 is 0 Å². The highest BCUT2D eigenvalue weighted by molar-refractivity contribution is 7.89. The van der Waals surface area contributed by atoms with Gasteiger partial charge in [0.05, 0.1) is 17.7 Å². The Balaban J connectivity index is 1.39. The third-order valence-electron chi connectivity index (χ3n) is 5.18. The van der Waals surface area contributed by atoms with Crippen LogP contribution in [0.2, 0.25) is 0 Å². The van der Waals surface area contributed by atoms with Gasteiger partial charge in [-0.25, -0.2) is 13.1 Å². The molecule has 8 nitrogen and oxygen atoms in total. The topological polar surface area (TPSA) is 94.9 Å². The van der Waals surface area contributed by atoms with E-state index in [9.17, 15) is 13.2 Å². The predicted molar refractivity (Wildman–Crippen MR) is 120 cm³/mol. The van der Waals surface area contributed by atoms with Gasteiger partial charge >= 0.3 is 0 Å². The maximum absolute atomic E-state index is 12.3. The summed E-state index contributed by atoms with van der Waals surface area (Å²) < 4.78 is 32.3. The van der Waals surface area contributed by atoms with Crippen molar-refractivity contribution in [3.8, 4) is 0 Å². The summed E-state index contributed by atoms with van der Waals surface area (Å²) in [5, 5.41) is 2.89. The first-order valence-corrected chi connectivity index (χ1v) is 11.9. The molecule has 1 aliphatic rings. The van der Waals surface area contributed by atoms with E-state index in [4.69, 9.17) is 4.42 Å². The smallest absolute Gasteiger partial charge is 0.243 e. The molecule has 2 aromatic rings. The Hall–Kier alpha value is -2.46. The van der Waals surface area contributed by atoms with Gasteiger partial charge in [0.25, 0.3) is 0 Å². The zero-order valence-corrected chi connectivity index (χ0v) is 18.6. The molecule has 1 aliphatic heterocycles. The van der Waals surface area contributed by atoms with Crippen LogP contribution in [0.4, 0.5) is 0 Å². The fraction of sp³-hybridized carbons (Fsp3) is 0.409. The zero-order valence-electron chi connectivity index (χ0n) is 17.8. The quantitative estimate of drug-likeness (QED) is 0.425. The summed E-state index contributed by atoms with van der Waals surface area (Å²) in [6.07, 6.45) is 5.55. The molecule has 31 heavy (non-hydrogen) atoms. The average Bonchev–Trinajstić information content (AvgIpc) is 3.29. The largest absolute Gasteiger partial charge is 0.468 e. The number of nitrogens with zero attached hydrogens (tertiary/aromatic N) is 2. The van der Waals surface area contributed by atoms with Gasteiger partial charge in [-0.1, -0.05) is 12.1 Å². The fourth-order valence-corrected chi connectivity index (χ4v) is 4.23. The first-order valence-electron chi connectivity index (χ1n) is 10.4. The molecule has 2 heterocycles. The van der Waals surface area contributed by atoms with Crippen LogP contribution in [-0.2, 0) is 21.4 Å². The van der Waals surface area contributed by atoms with Gasteiger partial charge in [-0.3, -0.25) is 4.79 Å².